The molecular weight excluding hydrogens is 322 g/mol. The second-order valence-corrected chi connectivity index (χ2v) is 6.85. The first-order valence-corrected chi connectivity index (χ1v) is 8.87. The van der Waals surface area contributed by atoms with E-state index in [1.807, 2.05) is 28.9 Å². The van der Waals surface area contributed by atoms with E-state index in [0.717, 1.165) is 18.7 Å². The van der Waals surface area contributed by atoms with E-state index in [-0.39, 0.29) is 17.9 Å². The summed E-state index contributed by atoms with van der Waals surface area (Å²) in [7, 11) is 0. The quantitative estimate of drug-likeness (QED) is 0.739. The summed E-state index contributed by atoms with van der Waals surface area (Å²) in [5.74, 6) is 0.218. The van der Waals surface area contributed by atoms with Gasteiger partial charge in [0.25, 0.3) is 0 Å². The number of rotatable bonds is 4. The maximum absolute atomic E-state index is 12.5. The Labute approximate surface area is 148 Å². The molecule has 138 valence electrons. The summed E-state index contributed by atoms with van der Waals surface area (Å²) in [6.07, 6.45) is 3.89. The molecule has 25 heavy (non-hydrogen) atoms. The highest BCUT2D eigenvalue weighted by atomic mass is 16.5. The molecule has 1 atom stereocenters. The van der Waals surface area contributed by atoms with Crippen LogP contribution in [0.4, 0.5) is 0 Å². The zero-order valence-electron chi connectivity index (χ0n) is 15.1. The Bertz CT molecular complexity index is 609. The Hall–Kier alpha value is -1.93. The van der Waals surface area contributed by atoms with E-state index in [1.165, 1.54) is 0 Å². The average molecular weight is 349 g/mol. The molecule has 0 aromatic carbocycles. The van der Waals surface area contributed by atoms with Gasteiger partial charge in [-0.25, -0.2) is 0 Å². The van der Waals surface area contributed by atoms with Crippen LogP contribution in [0, 0.1) is 6.92 Å². The summed E-state index contributed by atoms with van der Waals surface area (Å²) in [6, 6.07) is 0. The molecule has 2 saturated heterocycles. The fourth-order valence-electron chi connectivity index (χ4n) is 3.37. The van der Waals surface area contributed by atoms with Gasteiger partial charge in [0.2, 0.25) is 11.8 Å². The van der Waals surface area contributed by atoms with Crippen LogP contribution in [0.1, 0.15) is 12.5 Å². The van der Waals surface area contributed by atoms with Crippen molar-refractivity contribution >= 4 is 11.8 Å². The number of carbonyl (C=O) groups is 2. The van der Waals surface area contributed by atoms with Crippen molar-refractivity contribution in [2.75, 3.05) is 52.4 Å². The lowest BCUT2D eigenvalue weighted by Crippen LogP contribution is -2.54. The topological polar surface area (TPSA) is 70.9 Å². The Morgan fingerprint density at radius 1 is 1.20 bits per heavy atom. The standard InChI is InChI=1S/C17H27N5O3/c1-14-9-18-22(10-14)12-16-11-19(7-8-25-16)13-17(24)21-5-3-20(4-6-21)15(2)23/h9-10,16H,3-8,11-13H2,1-2H3/t16-/m0/s1. The zero-order chi connectivity index (χ0) is 17.8. The third-order valence-electron chi connectivity index (χ3n) is 4.81. The van der Waals surface area contributed by atoms with Crippen molar-refractivity contribution in [3.05, 3.63) is 18.0 Å². The van der Waals surface area contributed by atoms with E-state index in [0.29, 0.717) is 45.9 Å². The van der Waals surface area contributed by atoms with Gasteiger partial charge in [0.15, 0.2) is 0 Å². The van der Waals surface area contributed by atoms with Crippen LogP contribution in [0.15, 0.2) is 12.4 Å². The van der Waals surface area contributed by atoms with Gasteiger partial charge < -0.3 is 14.5 Å². The fourth-order valence-corrected chi connectivity index (χ4v) is 3.37. The molecule has 0 bridgehead atoms. The molecule has 0 spiro atoms. The lowest BCUT2D eigenvalue weighted by atomic mass is 10.2. The summed E-state index contributed by atoms with van der Waals surface area (Å²) >= 11 is 0. The normalized spacial score (nSPS) is 22.2. The number of hydrogen-bond acceptors (Lipinski definition) is 5. The molecule has 3 heterocycles. The number of hydrogen-bond donors (Lipinski definition) is 0. The maximum Gasteiger partial charge on any atom is 0.236 e. The predicted octanol–water partition coefficient (Wildman–Crippen LogP) is -0.417. The van der Waals surface area contributed by atoms with Crippen LogP contribution < -0.4 is 0 Å². The number of amides is 2. The Balaban J connectivity index is 1.46. The first-order valence-electron chi connectivity index (χ1n) is 8.87. The maximum atomic E-state index is 12.5. The number of carbonyl (C=O) groups excluding carboxylic acids is 2. The lowest BCUT2D eigenvalue weighted by Gasteiger charge is -2.37. The highest BCUT2D eigenvalue weighted by molar-refractivity contribution is 5.79. The van der Waals surface area contributed by atoms with Crippen molar-refractivity contribution in [2.45, 2.75) is 26.5 Å². The van der Waals surface area contributed by atoms with E-state index < -0.39 is 0 Å². The molecule has 0 aliphatic carbocycles. The van der Waals surface area contributed by atoms with Gasteiger partial charge in [-0.3, -0.25) is 19.2 Å². The second kappa shape index (κ2) is 7.97. The third kappa shape index (κ3) is 4.79. The van der Waals surface area contributed by atoms with Crippen LogP contribution in [-0.2, 0) is 20.9 Å². The van der Waals surface area contributed by atoms with Crippen LogP contribution in [0.2, 0.25) is 0 Å². The van der Waals surface area contributed by atoms with Gasteiger partial charge in [0, 0.05) is 52.4 Å². The molecule has 0 saturated carbocycles. The molecule has 8 nitrogen and oxygen atoms in total. The fraction of sp³-hybridized carbons (Fsp3) is 0.706. The van der Waals surface area contributed by atoms with E-state index >= 15 is 0 Å². The van der Waals surface area contributed by atoms with Crippen molar-refractivity contribution in [1.82, 2.24) is 24.5 Å². The summed E-state index contributed by atoms with van der Waals surface area (Å²) in [4.78, 5) is 29.7. The lowest BCUT2D eigenvalue weighted by molar-refractivity contribution is -0.140. The minimum Gasteiger partial charge on any atom is -0.374 e. The summed E-state index contributed by atoms with van der Waals surface area (Å²) in [5.41, 5.74) is 1.13. The molecule has 2 amide bonds. The van der Waals surface area contributed by atoms with E-state index in [9.17, 15) is 9.59 Å². The van der Waals surface area contributed by atoms with E-state index in [4.69, 9.17) is 4.74 Å². The molecule has 0 N–H and O–H groups in total. The molecule has 8 heteroatoms. The minimum atomic E-state index is 0.0513. The molecule has 3 rings (SSSR count). The predicted molar refractivity (Wildman–Crippen MR) is 92.0 cm³/mol. The van der Waals surface area contributed by atoms with Gasteiger partial charge in [-0.2, -0.15) is 5.10 Å². The van der Waals surface area contributed by atoms with Crippen LogP contribution >= 0.6 is 0 Å². The zero-order valence-corrected chi connectivity index (χ0v) is 15.1. The number of ether oxygens (including phenoxy) is 1. The van der Waals surface area contributed by atoms with Crippen molar-refractivity contribution < 1.29 is 14.3 Å². The Morgan fingerprint density at radius 2 is 1.92 bits per heavy atom. The van der Waals surface area contributed by atoms with Crippen molar-refractivity contribution in [1.29, 1.82) is 0 Å². The molecule has 2 fully saturated rings. The first-order chi connectivity index (χ1) is 12.0. The average Bonchev–Trinajstić information content (AvgIpc) is 3.00. The highest BCUT2D eigenvalue weighted by Gasteiger charge is 2.27. The minimum absolute atomic E-state index is 0.0513. The molecule has 1 aromatic rings. The molecule has 0 radical (unpaired) electrons. The Kier molecular flexibility index (Phi) is 5.70. The number of morpholine rings is 1. The van der Waals surface area contributed by atoms with Gasteiger partial charge in [-0.05, 0) is 12.5 Å². The Morgan fingerprint density at radius 3 is 2.56 bits per heavy atom. The number of piperazine rings is 1. The smallest absolute Gasteiger partial charge is 0.236 e. The van der Waals surface area contributed by atoms with E-state index in [2.05, 4.69) is 10.00 Å². The van der Waals surface area contributed by atoms with E-state index in [1.54, 1.807) is 11.8 Å². The summed E-state index contributed by atoms with van der Waals surface area (Å²) in [6.45, 7) is 9.36. The molecule has 1 aromatic heterocycles. The van der Waals surface area contributed by atoms with Crippen molar-refractivity contribution in [3.63, 3.8) is 0 Å². The van der Waals surface area contributed by atoms with Crippen LogP contribution in [0.25, 0.3) is 0 Å². The van der Waals surface area contributed by atoms with Crippen LogP contribution in [0.5, 0.6) is 0 Å². The van der Waals surface area contributed by atoms with Crippen LogP contribution in [-0.4, -0.2) is 94.8 Å². The van der Waals surface area contributed by atoms with Crippen molar-refractivity contribution in [3.8, 4) is 0 Å². The largest absolute Gasteiger partial charge is 0.374 e. The van der Waals surface area contributed by atoms with Gasteiger partial charge >= 0.3 is 0 Å². The molecule has 2 aliphatic heterocycles. The van der Waals surface area contributed by atoms with Gasteiger partial charge in [-0.1, -0.05) is 0 Å². The van der Waals surface area contributed by atoms with Gasteiger partial charge in [0.1, 0.15) is 0 Å². The molecule has 2 aliphatic rings. The van der Waals surface area contributed by atoms with Gasteiger partial charge in [-0.15, -0.1) is 0 Å². The molecule has 0 unspecified atom stereocenters. The number of nitrogens with zero attached hydrogens (tertiary/aromatic N) is 5. The van der Waals surface area contributed by atoms with Crippen molar-refractivity contribution in [2.24, 2.45) is 0 Å². The molecular formula is C17H27N5O3. The summed E-state index contributed by atoms with van der Waals surface area (Å²) < 4.78 is 7.71. The van der Waals surface area contributed by atoms with Gasteiger partial charge in [0.05, 0.1) is 32.0 Å². The van der Waals surface area contributed by atoms with Crippen LogP contribution in [0.3, 0.4) is 0 Å². The monoisotopic (exact) mass is 349 g/mol. The SMILES string of the molecule is CC(=O)N1CCN(C(=O)CN2CCO[C@H](Cn3cc(C)cn3)C2)CC1. The highest BCUT2D eigenvalue weighted by Crippen LogP contribution is 2.10. The third-order valence-corrected chi connectivity index (χ3v) is 4.81. The summed E-state index contributed by atoms with van der Waals surface area (Å²) in [5, 5.41) is 4.30. The number of aryl methyl sites for hydroxylation is 1. The number of aromatic nitrogens is 2. The second-order valence-electron chi connectivity index (χ2n) is 6.85. The first kappa shape index (κ1) is 17.9.